The van der Waals surface area contributed by atoms with Gasteiger partial charge in [0, 0.05) is 12.0 Å². The maximum atomic E-state index is 11.1. The lowest BCUT2D eigenvalue weighted by Gasteiger charge is -2.23. The van der Waals surface area contributed by atoms with E-state index in [0.29, 0.717) is 6.42 Å². The minimum atomic E-state index is -0.480. The van der Waals surface area contributed by atoms with E-state index in [2.05, 4.69) is 0 Å². The monoisotopic (exact) mass is 202 g/mol. The van der Waals surface area contributed by atoms with Crippen molar-refractivity contribution in [1.82, 2.24) is 0 Å². The zero-order chi connectivity index (χ0) is 10.0. The highest BCUT2D eigenvalue weighted by atomic mass is 35.5. The van der Waals surface area contributed by atoms with Gasteiger partial charge < -0.3 is 9.84 Å². The van der Waals surface area contributed by atoms with Gasteiger partial charge in [-0.3, -0.25) is 0 Å². The third kappa shape index (κ3) is 2.04. The molecule has 0 aromatic heterocycles. The van der Waals surface area contributed by atoms with Crippen LogP contribution in [0.2, 0.25) is 0 Å². The van der Waals surface area contributed by atoms with E-state index in [0.717, 1.165) is 5.57 Å². The molecule has 0 aromatic rings. The van der Waals surface area contributed by atoms with Crippen LogP contribution >= 0.6 is 11.6 Å². The van der Waals surface area contributed by atoms with Gasteiger partial charge in [-0.15, -0.1) is 0 Å². The number of aliphatic hydroxyl groups excluding tert-OH is 1. The summed E-state index contributed by atoms with van der Waals surface area (Å²) in [6, 6.07) is 0. The SMILES string of the molecule is CC1=C(O)CC(/C(C)=C\Cl)OC1=O. The molecule has 1 N–H and O–H groups in total. The Hall–Kier alpha value is -0.960. The topological polar surface area (TPSA) is 46.5 Å². The molecule has 0 saturated heterocycles. The average molecular weight is 203 g/mol. The van der Waals surface area contributed by atoms with Crippen LogP contribution in [0.1, 0.15) is 20.3 Å². The predicted octanol–water partition coefficient (Wildman–Crippen LogP) is 2.28. The van der Waals surface area contributed by atoms with Crippen molar-refractivity contribution >= 4 is 17.6 Å². The largest absolute Gasteiger partial charge is 0.512 e. The number of esters is 1. The first-order valence-electron chi connectivity index (χ1n) is 3.92. The number of cyclic esters (lactones) is 1. The lowest BCUT2D eigenvalue weighted by atomic mass is 10.0. The van der Waals surface area contributed by atoms with Crippen LogP contribution in [0, 0.1) is 0 Å². The molecule has 0 amide bonds. The lowest BCUT2D eigenvalue weighted by Crippen LogP contribution is -2.26. The van der Waals surface area contributed by atoms with Gasteiger partial charge in [-0.05, 0) is 19.4 Å². The van der Waals surface area contributed by atoms with E-state index in [9.17, 15) is 9.90 Å². The van der Waals surface area contributed by atoms with Gasteiger partial charge in [0.2, 0.25) is 0 Å². The number of hydrogen-bond donors (Lipinski definition) is 1. The maximum absolute atomic E-state index is 11.1. The van der Waals surface area contributed by atoms with Gasteiger partial charge in [-0.25, -0.2) is 4.79 Å². The van der Waals surface area contributed by atoms with Crippen molar-refractivity contribution in [3.05, 3.63) is 22.4 Å². The molecule has 0 saturated carbocycles. The smallest absolute Gasteiger partial charge is 0.337 e. The Kier molecular flexibility index (Phi) is 2.98. The maximum Gasteiger partial charge on any atom is 0.337 e. The standard InChI is InChI=1S/C9H11ClO3/c1-5(4-10)8-3-7(11)6(2)9(12)13-8/h4,8,11H,3H2,1-2H3/b5-4-. The molecule has 1 atom stereocenters. The van der Waals surface area contributed by atoms with E-state index in [1.165, 1.54) is 12.5 Å². The van der Waals surface area contributed by atoms with E-state index in [1.807, 2.05) is 0 Å². The Morgan fingerprint density at radius 2 is 2.38 bits per heavy atom. The number of aliphatic hydroxyl groups is 1. The molecular weight excluding hydrogens is 192 g/mol. The third-order valence-corrected chi connectivity index (χ3v) is 2.39. The summed E-state index contributed by atoms with van der Waals surface area (Å²) in [5.74, 6) is -0.397. The summed E-state index contributed by atoms with van der Waals surface area (Å²) in [5.41, 5.74) is 2.36. The van der Waals surface area contributed by atoms with Crippen molar-refractivity contribution in [2.24, 2.45) is 0 Å². The molecule has 4 heteroatoms. The second-order valence-electron chi connectivity index (χ2n) is 3.02. The molecule has 3 nitrogen and oxygen atoms in total. The minimum absolute atomic E-state index is 0.0825. The van der Waals surface area contributed by atoms with Crippen LogP contribution in [0.25, 0.3) is 0 Å². The molecule has 13 heavy (non-hydrogen) atoms. The highest BCUT2D eigenvalue weighted by Gasteiger charge is 2.26. The number of ether oxygens (including phenoxy) is 1. The lowest BCUT2D eigenvalue weighted by molar-refractivity contribution is -0.144. The van der Waals surface area contributed by atoms with Crippen LogP contribution in [0.3, 0.4) is 0 Å². The zero-order valence-corrected chi connectivity index (χ0v) is 8.26. The Morgan fingerprint density at radius 3 is 2.85 bits per heavy atom. The van der Waals surface area contributed by atoms with Crippen molar-refractivity contribution in [2.45, 2.75) is 26.4 Å². The molecule has 0 bridgehead atoms. The number of halogens is 1. The first kappa shape index (κ1) is 10.1. The second-order valence-corrected chi connectivity index (χ2v) is 3.24. The fourth-order valence-electron chi connectivity index (χ4n) is 1.03. The number of hydrogen-bond acceptors (Lipinski definition) is 3. The predicted molar refractivity (Wildman–Crippen MR) is 49.4 cm³/mol. The van der Waals surface area contributed by atoms with E-state index >= 15 is 0 Å². The quantitative estimate of drug-likeness (QED) is 0.664. The van der Waals surface area contributed by atoms with Crippen LogP contribution in [-0.2, 0) is 9.53 Å². The van der Waals surface area contributed by atoms with Crippen molar-refractivity contribution < 1.29 is 14.6 Å². The van der Waals surface area contributed by atoms with Crippen molar-refractivity contribution in [3.63, 3.8) is 0 Å². The summed E-state index contributed by atoms with van der Waals surface area (Å²) in [6.07, 6.45) is -0.110. The number of rotatable bonds is 1. The molecule has 0 fully saturated rings. The first-order chi connectivity index (χ1) is 6.06. The summed E-state index contributed by atoms with van der Waals surface area (Å²) in [5, 5.41) is 9.37. The second kappa shape index (κ2) is 3.83. The van der Waals surface area contributed by atoms with E-state index in [-0.39, 0.29) is 11.3 Å². The van der Waals surface area contributed by atoms with E-state index in [4.69, 9.17) is 16.3 Å². The summed E-state index contributed by atoms with van der Waals surface area (Å²) in [4.78, 5) is 11.1. The molecule has 1 aliphatic rings. The number of carbonyl (C=O) groups is 1. The van der Waals surface area contributed by atoms with E-state index < -0.39 is 12.1 Å². The van der Waals surface area contributed by atoms with Gasteiger partial charge in [0.25, 0.3) is 0 Å². The highest BCUT2D eigenvalue weighted by Crippen LogP contribution is 2.24. The fraction of sp³-hybridized carbons (Fsp3) is 0.444. The molecule has 1 heterocycles. The first-order valence-corrected chi connectivity index (χ1v) is 4.36. The third-order valence-electron chi connectivity index (χ3n) is 2.05. The molecule has 72 valence electrons. The Bertz CT molecular complexity index is 291. The number of carbonyl (C=O) groups excluding carboxylic acids is 1. The van der Waals surface area contributed by atoms with Gasteiger partial charge in [-0.2, -0.15) is 0 Å². The summed E-state index contributed by atoms with van der Waals surface area (Å²) in [6.45, 7) is 3.28. The summed E-state index contributed by atoms with van der Waals surface area (Å²) in [7, 11) is 0. The fourth-order valence-corrected chi connectivity index (χ4v) is 1.17. The summed E-state index contributed by atoms with van der Waals surface area (Å²) >= 11 is 5.47. The van der Waals surface area contributed by atoms with Crippen molar-refractivity contribution in [2.75, 3.05) is 0 Å². The normalized spacial score (nSPS) is 24.7. The Balaban J connectivity index is 2.86. The Morgan fingerprint density at radius 1 is 1.77 bits per heavy atom. The Labute approximate surface area is 81.6 Å². The zero-order valence-electron chi connectivity index (χ0n) is 7.50. The molecule has 0 radical (unpaired) electrons. The van der Waals surface area contributed by atoms with Crippen LogP contribution in [0.4, 0.5) is 0 Å². The van der Waals surface area contributed by atoms with Gasteiger partial charge in [0.05, 0.1) is 5.57 Å². The molecule has 0 aliphatic carbocycles. The van der Waals surface area contributed by atoms with E-state index in [1.54, 1.807) is 6.92 Å². The molecule has 1 rings (SSSR count). The van der Waals surface area contributed by atoms with Crippen molar-refractivity contribution in [1.29, 1.82) is 0 Å². The average Bonchev–Trinajstić information content (AvgIpc) is 2.12. The molecule has 0 spiro atoms. The van der Waals surface area contributed by atoms with Crippen LogP contribution in [0.5, 0.6) is 0 Å². The van der Waals surface area contributed by atoms with Crippen LogP contribution in [0.15, 0.2) is 22.4 Å². The van der Waals surface area contributed by atoms with Gasteiger partial charge in [-0.1, -0.05) is 11.6 Å². The minimum Gasteiger partial charge on any atom is -0.512 e. The summed E-state index contributed by atoms with van der Waals surface area (Å²) < 4.78 is 5.01. The van der Waals surface area contributed by atoms with Gasteiger partial charge in [0.15, 0.2) is 0 Å². The van der Waals surface area contributed by atoms with Gasteiger partial charge >= 0.3 is 5.97 Å². The molecule has 0 aromatic carbocycles. The van der Waals surface area contributed by atoms with Crippen LogP contribution in [-0.4, -0.2) is 17.2 Å². The highest BCUT2D eigenvalue weighted by molar-refractivity contribution is 6.25. The molecular formula is C9H11ClO3. The van der Waals surface area contributed by atoms with Gasteiger partial charge in [0.1, 0.15) is 11.9 Å². The molecule has 1 unspecified atom stereocenters. The molecule has 1 aliphatic heterocycles. The van der Waals surface area contributed by atoms with Crippen LogP contribution < -0.4 is 0 Å². The van der Waals surface area contributed by atoms with Crippen molar-refractivity contribution in [3.8, 4) is 0 Å².